The quantitative estimate of drug-likeness (QED) is 0.844. The number of ether oxygens (including phenoxy) is 3. The molecule has 0 bridgehead atoms. The number of nitrogens with two attached hydrogens (primary N) is 1. The number of carbonyl (C=O) groups is 1. The molecule has 0 amide bonds. The van der Waals surface area contributed by atoms with Gasteiger partial charge in [0.15, 0.2) is 0 Å². The van der Waals surface area contributed by atoms with E-state index in [1.165, 1.54) is 0 Å². The SMILES string of the molecule is COCCC1CCCC(N)C(=O)OC(C)C1Oc1ccccc1. The van der Waals surface area contributed by atoms with Crippen molar-refractivity contribution >= 4 is 5.97 Å². The van der Waals surface area contributed by atoms with Crippen LogP contribution in [-0.2, 0) is 14.3 Å². The third-order valence-corrected chi connectivity index (χ3v) is 4.33. The highest BCUT2D eigenvalue weighted by molar-refractivity contribution is 5.75. The van der Waals surface area contributed by atoms with Crippen molar-refractivity contribution in [3.63, 3.8) is 0 Å². The summed E-state index contributed by atoms with van der Waals surface area (Å²) in [5, 5.41) is 0. The molecule has 2 rings (SSSR count). The van der Waals surface area contributed by atoms with Crippen LogP contribution in [0.25, 0.3) is 0 Å². The molecule has 128 valence electrons. The van der Waals surface area contributed by atoms with Gasteiger partial charge in [0.1, 0.15) is 24.0 Å². The lowest BCUT2D eigenvalue weighted by atomic mass is 9.89. The lowest BCUT2D eigenvalue weighted by molar-refractivity contribution is -0.155. The fraction of sp³-hybridized carbons (Fsp3) is 0.611. The van der Waals surface area contributed by atoms with Gasteiger partial charge in [0.2, 0.25) is 0 Å². The summed E-state index contributed by atoms with van der Waals surface area (Å²) in [6.45, 7) is 2.54. The smallest absolute Gasteiger partial charge is 0.323 e. The molecule has 1 aromatic rings. The number of methoxy groups -OCH3 is 1. The second kappa shape index (κ2) is 8.89. The van der Waals surface area contributed by atoms with Gasteiger partial charge in [0.05, 0.1) is 0 Å². The van der Waals surface area contributed by atoms with Gasteiger partial charge < -0.3 is 19.9 Å². The van der Waals surface area contributed by atoms with Crippen molar-refractivity contribution in [2.24, 2.45) is 11.7 Å². The van der Waals surface area contributed by atoms with Gasteiger partial charge in [0.25, 0.3) is 0 Å². The van der Waals surface area contributed by atoms with Crippen LogP contribution >= 0.6 is 0 Å². The fourth-order valence-electron chi connectivity index (χ4n) is 3.03. The van der Waals surface area contributed by atoms with Crippen molar-refractivity contribution in [3.05, 3.63) is 30.3 Å². The minimum atomic E-state index is -0.545. The van der Waals surface area contributed by atoms with Crippen molar-refractivity contribution < 1.29 is 19.0 Å². The molecule has 4 unspecified atom stereocenters. The predicted octanol–water partition coefficient (Wildman–Crippen LogP) is 2.53. The van der Waals surface area contributed by atoms with Crippen LogP contribution in [0.2, 0.25) is 0 Å². The molecular formula is C18H27NO4. The Labute approximate surface area is 138 Å². The van der Waals surface area contributed by atoms with Gasteiger partial charge in [-0.15, -0.1) is 0 Å². The molecule has 1 aliphatic rings. The summed E-state index contributed by atoms with van der Waals surface area (Å²) < 4.78 is 17.0. The number of hydrogen-bond acceptors (Lipinski definition) is 5. The van der Waals surface area contributed by atoms with E-state index in [9.17, 15) is 4.79 Å². The van der Waals surface area contributed by atoms with E-state index in [2.05, 4.69) is 0 Å². The molecule has 5 heteroatoms. The molecule has 1 heterocycles. The largest absolute Gasteiger partial charge is 0.486 e. The van der Waals surface area contributed by atoms with Crippen LogP contribution in [0.4, 0.5) is 0 Å². The molecule has 0 radical (unpaired) electrons. The maximum Gasteiger partial charge on any atom is 0.323 e. The van der Waals surface area contributed by atoms with E-state index in [1.807, 2.05) is 37.3 Å². The first kappa shape index (κ1) is 17.8. The second-order valence-electron chi connectivity index (χ2n) is 6.12. The van der Waals surface area contributed by atoms with Crippen molar-refractivity contribution in [2.75, 3.05) is 13.7 Å². The van der Waals surface area contributed by atoms with E-state index in [0.29, 0.717) is 13.0 Å². The summed E-state index contributed by atoms with van der Waals surface area (Å²) in [4.78, 5) is 12.0. The summed E-state index contributed by atoms with van der Waals surface area (Å²) in [5.74, 6) is 0.696. The zero-order valence-corrected chi connectivity index (χ0v) is 13.9. The van der Waals surface area contributed by atoms with E-state index in [1.54, 1.807) is 7.11 Å². The normalized spacial score (nSPS) is 29.1. The van der Waals surface area contributed by atoms with Crippen molar-refractivity contribution in [1.29, 1.82) is 0 Å². The van der Waals surface area contributed by atoms with E-state index in [4.69, 9.17) is 19.9 Å². The first-order valence-electron chi connectivity index (χ1n) is 8.28. The number of cyclic esters (lactones) is 1. The predicted molar refractivity (Wildman–Crippen MR) is 88.2 cm³/mol. The van der Waals surface area contributed by atoms with Gasteiger partial charge in [-0.2, -0.15) is 0 Å². The van der Waals surface area contributed by atoms with Crippen LogP contribution in [0.3, 0.4) is 0 Å². The van der Waals surface area contributed by atoms with Crippen LogP contribution in [0.5, 0.6) is 5.75 Å². The molecule has 23 heavy (non-hydrogen) atoms. The molecule has 1 aliphatic heterocycles. The van der Waals surface area contributed by atoms with Crippen LogP contribution in [0.15, 0.2) is 30.3 Å². The van der Waals surface area contributed by atoms with E-state index in [0.717, 1.165) is 25.0 Å². The number of rotatable bonds is 5. The van der Waals surface area contributed by atoms with Crippen molar-refractivity contribution in [1.82, 2.24) is 0 Å². The van der Waals surface area contributed by atoms with Gasteiger partial charge in [-0.05, 0) is 38.3 Å². The van der Waals surface area contributed by atoms with Gasteiger partial charge in [-0.3, -0.25) is 4.79 Å². The molecule has 1 fully saturated rings. The zero-order valence-electron chi connectivity index (χ0n) is 13.9. The first-order chi connectivity index (χ1) is 11.1. The first-order valence-corrected chi connectivity index (χ1v) is 8.28. The summed E-state index contributed by atoms with van der Waals surface area (Å²) >= 11 is 0. The summed E-state index contributed by atoms with van der Waals surface area (Å²) in [6.07, 6.45) is 2.77. The van der Waals surface area contributed by atoms with Gasteiger partial charge in [-0.1, -0.05) is 24.6 Å². The van der Waals surface area contributed by atoms with E-state index >= 15 is 0 Å². The molecule has 0 aromatic heterocycles. The van der Waals surface area contributed by atoms with Crippen LogP contribution in [0, 0.1) is 5.92 Å². The Morgan fingerprint density at radius 3 is 2.70 bits per heavy atom. The molecule has 2 N–H and O–H groups in total. The van der Waals surface area contributed by atoms with Gasteiger partial charge in [0, 0.05) is 19.6 Å². The minimum Gasteiger partial charge on any atom is -0.486 e. The third-order valence-electron chi connectivity index (χ3n) is 4.33. The molecule has 1 aromatic carbocycles. The Morgan fingerprint density at radius 2 is 2.00 bits per heavy atom. The van der Waals surface area contributed by atoms with Crippen LogP contribution in [-0.4, -0.2) is 37.9 Å². The van der Waals surface area contributed by atoms with Crippen molar-refractivity contribution in [3.8, 4) is 5.75 Å². The number of para-hydroxylation sites is 1. The van der Waals surface area contributed by atoms with E-state index in [-0.39, 0.29) is 24.1 Å². The Hall–Kier alpha value is -1.59. The Balaban J connectivity index is 2.18. The Bertz CT molecular complexity index is 479. The molecule has 0 aliphatic carbocycles. The van der Waals surface area contributed by atoms with Gasteiger partial charge >= 0.3 is 5.97 Å². The van der Waals surface area contributed by atoms with Crippen LogP contribution < -0.4 is 10.5 Å². The fourth-order valence-corrected chi connectivity index (χ4v) is 3.03. The molecule has 5 nitrogen and oxygen atoms in total. The number of hydrogen-bond donors (Lipinski definition) is 1. The van der Waals surface area contributed by atoms with Crippen LogP contribution in [0.1, 0.15) is 32.6 Å². The van der Waals surface area contributed by atoms with E-state index < -0.39 is 6.04 Å². The maximum atomic E-state index is 12.0. The monoisotopic (exact) mass is 321 g/mol. The second-order valence-corrected chi connectivity index (χ2v) is 6.12. The van der Waals surface area contributed by atoms with Gasteiger partial charge in [-0.25, -0.2) is 0 Å². The lowest BCUT2D eigenvalue weighted by Crippen LogP contribution is -2.42. The summed E-state index contributed by atoms with van der Waals surface area (Å²) in [5.41, 5.74) is 5.88. The molecule has 0 saturated carbocycles. The molecular weight excluding hydrogens is 294 g/mol. The summed E-state index contributed by atoms with van der Waals surface area (Å²) in [7, 11) is 1.70. The highest BCUT2D eigenvalue weighted by Crippen LogP contribution is 2.28. The lowest BCUT2D eigenvalue weighted by Gasteiger charge is -2.31. The highest BCUT2D eigenvalue weighted by Gasteiger charge is 2.34. The number of carbonyl (C=O) groups excluding carboxylic acids is 1. The molecule has 4 atom stereocenters. The molecule has 1 saturated heterocycles. The average molecular weight is 321 g/mol. The zero-order chi connectivity index (χ0) is 16.7. The highest BCUT2D eigenvalue weighted by atomic mass is 16.6. The maximum absolute atomic E-state index is 12.0. The number of benzene rings is 1. The Morgan fingerprint density at radius 1 is 1.26 bits per heavy atom. The minimum absolute atomic E-state index is 0.207. The third kappa shape index (κ3) is 5.22. The number of esters is 1. The standard InChI is InChI=1S/C18H27NO4/c1-13-17(23-15-8-4-3-5-9-15)14(11-12-21-2)7-6-10-16(19)18(20)22-13/h3-5,8-9,13-14,16-17H,6-7,10-12,19H2,1-2H3. The Kier molecular flexibility index (Phi) is 6.86. The molecule has 0 spiro atoms. The summed E-state index contributed by atoms with van der Waals surface area (Å²) in [6, 6.07) is 9.10. The topological polar surface area (TPSA) is 70.8 Å². The van der Waals surface area contributed by atoms with Crippen molar-refractivity contribution in [2.45, 2.75) is 50.9 Å². The average Bonchev–Trinajstić information content (AvgIpc) is 2.60.